The Morgan fingerprint density at radius 3 is 2.53 bits per heavy atom. The molecule has 10 atom stereocenters. The number of fused-ring (bicyclic) bond motifs is 3. The topological polar surface area (TPSA) is 92.4 Å². The summed E-state index contributed by atoms with van der Waals surface area (Å²) in [6.07, 6.45) is 11.8. The van der Waals surface area contributed by atoms with Crippen LogP contribution in [0, 0.1) is 17.8 Å². The average Bonchev–Trinajstić information content (AvgIpc) is 3.44. The third kappa shape index (κ3) is 7.15. The first kappa shape index (κ1) is 33.3. The van der Waals surface area contributed by atoms with Crippen LogP contribution in [0.3, 0.4) is 0 Å². The molecule has 254 valence electrons. The van der Waals surface area contributed by atoms with E-state index in [9.17, 15) is 9.59 Å². The number of likely N-dealkylation sites (tertiary alicyclic amines) is 1. The van der Waals surface area contributed by atoms with Gasteiger partial charge in [-0.1, -0.05) is 25.7 Å². The van der Waals surface area contributed by atoms with E-state index < -0.39 is 24.2 Å². The van der Waals surface area contributed by atoms with E-state index in [1.165, 1.54) is 32.1 Å². The van der Waals surface area contributed by atoms with Gasteiger partial charge in [0.05, 0.1) is 35.9 Å². The number of rotatable bonds is 13. The van der Waals surface area contributed by atoms with E-state index in [0.29, 0.717) is 44.2 Å². The summed E-state index contributed by atoms with van der Waals surface area (Å²) in [5.41, 5.74) is 0.206. The van der Waals surface area contributed by atoms with E-state index in [1.807, 2.05) is 20.0 Å². The number of carbonyl (C=O) groups excluding carboxylic acids is 2. The van der Waals surface area contributed by atoms with Gasteiger partial charge in [-0.3, -0.25) is 9.59 Å². The van der Waals surface area contributed by atoms with Crippen LogP contribution in [0.1, 0.15) is 90.9 Å². The third-order valence-corrected chi connectivity index (χ3v) is 11.9. The van der Waals surface area contributed by atoms with Crippen LogP contribution >= 0.6 is 0 Å². The summed E-state index contributed by atoms with van der Waals surface area (Å²) >= 11 is 0. The van der Waals surface area contributed by atoms with Crippen LogP contribution in [0.2, 0.25) is 0 Å². The number of carbonyl (C=O) groups is 2. The van der Waals surface area contributed by atoms with Crippen LogP contribution < -0.4 is 10.6 Å². The number of hydrogen-bond acceptors (Lipinski definition) is 8. The van der Waals surface area contributed by atoms with Crippen LogP contribution in [0.4, 0.5) is 4.39 Å². The fourth-order valence-corrected chi connectivity index (χ4v) is 9.61. The first-order chi connectivity index (χ1) is 21.9. The molecule has 3 aliphatic heterocycles. The number of Topliss-reactive ketones (excluding diaryl/α,β-unsaturated/α-hetero) is 1. The summed E-state index contributed by atoms with van der Waals surface area (Å²) in [5, 5.41) is 6.56. The van der Waals surface area contributed by atoms with Gasteiger partial charge in [-0.25, -0.2) is 4.39 Å². The van der Waals surface area contributed by atoms with Gasteiger partial charge in [0.25, 0.3) is 5.91 Å². The summed E-state index contributed by atoms with van der Waals surface area (Å²) in [7, 11) is 2.14. The van der Waals surface area contributed by atoms with Crippen molar-refractivity contribution >= 4 is 11.7 Å². The Bertz CT molecular complexity index is 1060. The fourth-order valence-electron chi connectivity index (χ4n) is 9.61. The zero-order valence-corrected chi connectivity index (χ0v) is 27.8. The standard InChI is InChI=1S/C35H57FN4O5/c1-4-43-30(44-5-2)13-8-15-37-31-27(36)20-25-32-34(31)45-29-19-23-11-7-6-10-22(23)18-28(29)40(32)21-26(33(25)41)35(42)38-16-14-24-12-9-17-39(24)3/h21-25,27-32,34,37H,4-20H2,1-3H3,(H,38,42). The molecule has 5 fully saturated rings. The zero-order valence-electron chi connectivity index (χ0n) is 27.8. The summed E-state index contributed by atoms with van der Waals surface area (Å²) in [6, 6.07) is -0.175. The monoisotopic (exact) mass is 632 g/mol. The Morgan fingerprint density at radius 2 is 1.82 bits per heavy atom. The van der Waals surface area contributed by atoms with Crippen LogP contribution in [0.5, 0.6) is 0 Å². The highest BCUT2D eigenvalue weighted by atomic mass is 19.1. The van der Waals surface area contributed by atoms with Gasteiger partial charge in [-0.2, -0.15) is 0 Å². The lowest BCUT2D eigenvalue weighted by molar-refractivity contribution is -0.208. The van der Waals surface area contributed by atoms with Gasteiger partial charge < -0.3 is 34.6 Å². The summed E-state index contributed by atoms with van der Waals surface area (Å²) in [5.74, 6) is 0.186. The number of ether oxygens (including phenoxy) is 3. The Balaban J connectivity index is 1.19. The maximum Gasteiger partial charge on any atom is 0.256 e. The van der Waals surface area contributed by atoms with Gasteiger partial charge in [-0.15, -0.1) is 0 Å². The van der Waals surface area contributed by atoms with Gasteiger partial charge in [-0.05, 0) is 97.2 Å². The molecule has 2 N–H and O–H groups in total. The molecule has 10 unspecified atom stereocenters. The van der Waals surface area contributed by atoms with Crippen molar-refractivity contribution in [3.05, 3.63) is 11.8 Å². The second-order valence-electron chi connectivity index (χ2n) is 14.5. The Labute approximate surface area is 269 Å². The summed E-state index contributed by atoms with van der Waals surface area (Å²) < 4.78 is 34.5. The van der Waals surface area contributed by atoms with Crippen LogP contribution in [0.15, 0.2) is 11.8 Å². The molecule has 45 heavy (non-hydrogen) atoms. The molecule has 0 aromatic heterocycles. The van der Waals surface area contributed by atoms with Crippen molar-refractivity contribution in [3.63, 3.8) is 0 Å². The van der Waals surface area contributed by atoms with Crippen molar-refractivity contribution in [2.45, 2.75) is 140 Å². The number of morpholine rings is 1. The van der Waals surface area contributed by atoms with Gasteiger partial charge in [0.2, 0.25) is 0 Å². The second kappa shape index (κ2) is 15.1. The Morgan fingerprint density at radius 1 is 1.07 bits per heavy atom. The smallest absolute Gasteiger partial charge is 0.256 e. The van der Waals surface area contributed by atoms with Crippen molar-refractivity contribution in [2.24, 2.45) is 17.8 Å². The molecule has 3 heterocycles. The highest BCUT2D eigenvalue weighted by Crippen LogP contribution is 2.50. The number of halogens is 1. The first-order valence-electron chi connectivity index (χ1n) is 18.2. The van der Waals surface area contributed by atoms with E-state index in [2.05, 4.69) is 27.5 Å². The zero-order chi connectivity index (χ0) is 31.5. The molecule has 0 aromatic rings. The Kier molecular flexibility index (Phi) is 11.2. The second-order valence-corrected chi connectivity index (χ2v) is 14.5. The van der Waals surface area contributed by atoms with Crippen LogP contribution in [-0.4, -0.2) is 110 Å². The maximum atomic E-state index is 16.2. The third-order valence-electron chi connectivity index (χ3n) is 11.9. The molecule has 0 radical (unpaired) electrons. The van der Waals surface area contributed by atoms with Gasteiger partial charge in [0.15, 0.2) is 12.1 Å². The highest BCUT2D eigenvalue weighted by Gasteiger charge is 2.59. The molecule has 3 aliphatic carbocycles. The number of hydrogen-bond donors (Lipinski definition) is 2. The minimum Gasteiger partial charge on any atom is -0.369 e. The molecule has 6 rings (SSSR count). The van der Waals surface area contributed by atoms with E-state index in [4.69, 9.17) is 14.2 Å². The van der Waals surface area contributed by atoms with E-state index >= 15 is 4.39 Å². The minimum absolute atomic E-state index is 0.0206. The SMILES string of the molecule is CCOC(CCCNC1C(F)CC2C(=O)C(C(=O)NCCC3CCCN3C)=CN3C4CC5CCCCC5CC4OC1C23)OCC. The maximum absolute atomic E-state index is 16.2. The molecule has 2 saturated heterocycles. The fraction of sp³-hybridized carbons (Fsp3) is 0.886. The quantitative estimate of drug-likeness (QED) is 0.179. The molecule has 10 heteroatoms. The van der Waals surface area contributed by atoms with Crippen LogP contribution in [0.25, 0.3) is 0 Å². The van der Waals surface area contributed by atoms with Crippen molar-refractivity contribution in [3.8, 4) is 0 Å². The molecule has 0 aromatic carbocycles. The number of ketones is 1. The number of amides is 1. The van der Waals surface area contributed by atoms with Crippen molar-refractivity contribution in [2.75, 3.05) is 39.9 Å². The van der Waals surface area contributed by atoms with Crippen molar-refractivity contribution < 1.29 is 28.2 Å². The first-order valence-corrected chi connectivity index (χ1v) is 18.2. The number of nitrogens with zero attached hydrogens (tertiary/aromatic N) is 2. The largest absolute Gasteiger partial charge is 0.369 e. The molecule has 6 aliphatic rings. The van der Waals surface area contributed by atoms with Crippen LogP contribution in [-0.2, 0) is 23.8 Å². The lowest BCUT2D eigenvalue weighted by Gasteiger charge is -2.61. The average molecular weight is 633 g/mol. The van der Waals surface area contributed by atoms with E-state index in [-0.39, 0.29) is 48.2 Å². The highest BCUT2D eigenvalue weighted by molar-refractivity contribution is 6.20. The molecule has 3 saturated carbocycles. The molecule has 0 bridgehead atoms. The minimum atomic E-state index is -1.24. The number of nitrogens with one attached hydrogen (secondary N) is 2. The number of alkyl halides is 1. The van der Waals surface area contributed by atoms with E-state index in [0.717, 1.165) is 45.1 Å². The predicted molar refractivity (Wildman–Crippen MR) is 170 cm³/mol. The Hall–Kier alpha value is -1.59. The van der Waals surface area contributed by atoms with Gasteiger partial charge in [0, 0.05) is 37.9 Å². The lowest BCUT2D eigenvalue weighted by atomic mass is 9.65. The molecule has 9 nitrogen and oxygen atoms in total. The normalized spacial score (nSPS) is 38.0. The summed E-state index contributed by atoms with van der Waals surface area (Å²) in [6.45, 7) is 7.35. The lowest BCUT2D eigenvalue weighted by Crippen LogP contribution is -2.73. The molecular formula is C35H57FN4O5. The van der Waals surface area contributed by atoms with E-state index in [1.54, 1.807) is 0 Å². The van der Waals surface area contributed by atoms with Gasteiger partial charge in [0.1, 0.15) is 6.17 Å². The molecule has 1 amide bonds. The van der Waals surface area contributed by atoms with Crippen molar-refractivity contribution in [1.29, 1.82) is 0 Å². The summed E-state index contributed by atoms with van der Waals surface area (Å²) in [4.78, 5) is 32.2. The van der Waals surface area contributed by atoms with Crippen molar-refractivity contribution in [1.82, 2.24) is 20.4 Å². The molecule has 0 spiro atoms. The predicted octanol–water partition coefficient (Wildman–Crippen LogP) is 3.96. The van der Waals surface area contributed by atoms with Gasteiger partial charge >= 0.3 is 0 Å². The molecular weight excluding hydrogens is 575 g/mol.